The fourth-order valence-corrected chi connectivity index (χ4v) is 3.02. The summed E-state index contributed by atoms with van der Waals surface area (Å²) in [6.07, 6.45) is 2.08. The second kappa shape index (κ2) is 6.77. The molecule has 1 unspecified atom stereocenters. The summed E-state index contributed by atoms with van der Waals surface area (Å²) in [5, 5.41) is 2.92. The number of carbonyl (C=O) groups excluding carboxylic acids is 1. The summed E-state index contributed by atoms with van der Waals surface area (Å²) < 4.78 is 1.03. The minimum absolute atomic E-state index is 0.0287. The predicted octanol–water partition coefficient (Wildman–Crippen LogP) is 4.11. The Kier molecular flexibility index (Phi) is 6.00. The number of alkyl halides is 1. The highest BCUT2D eigenvalue weighted by molar-refractivity contribution is 9.11. The zero-order chi connectivity index (χ0) is 12.1. The predicted molar refractivity (Wildman–Crippen MR) is 76.7 cm³/mol. The maximum absolute atomic E-state index is 11.7. The lowest BCUT2D eigenvalue weighted by atomic mass is 10.2. The van der Waals surface area contributed by atoms with Gasteiger partial charge in [0.25, 0.3) is 5.91 Å². The van der Waals surface area contributed by atoms with Gasteiger partial charge in [-0.15, -0.1) is 11.3 Å². The average Bonchev–Trinajstić information content (AvgIpc) is 2.54. The topological polar surface area (TPSA) is 29.1 Å². The molecule has 0 aliphatic heterocycles. The summed E-state index contributed by atoms with van der Waals surface area (Å²) in [4.78, 5) is 13.0. The van der Waals surface area contributed by atoms with Crippen molar-refractivity contribution in [2.24, 2.45) is 0 Å². The van der Waals surface area contributed by atoms with Gasteiger partial charge in [0.1, 0.15) is 0 Å². The van der Waals surface area contributed by atoms with Crippen molar-refractivity contribution in [3.8, 4) is 0 Å². The zero-order valence-corrected chi connectivity index (χ0v) is 13.3. The Morgan fingerprint density at radius 2 is 2.31 bits per heavy atom. The zero-order valence-electron chi connectivity index (χ0n) is 9.35. The van der Waals surface area contributed by atoms with Gasteiger partial charge in [0.05, 0.1) is 8.66 Å². The molecule has 5 heteroatoms. The summed E-state index contributed by atoms with van der Waals surface area (Å²) in [7, 11) is 0. The van der Waals surface area contributed by atoms with E-state index >= 15 is 0 Å². The van der Waals surface area contributed by atoms with Gasteiger partial charge in [-0.2, -0.15) is 0 Å². The number of thiophene rings is 1. The molecule has 1 amide bonds. The van der Waals surface area contributed by atoms with E-state index in [9.17, 15) is 4.79 Å². The molecule has 0 bridgehead atoms. The van der Waals surface area contributed by atoms with E-state index in [0.29, 0.717) is 4.83 Å². The minimum atomic E-state index is 0.0287. The van der Waals surface area contributed by atoms with Crippen LogP contribution in [0.2, 0.25) is 0 Å². The molecule has 0 aromatic carbocycles. The first-order chi connectivity index (χ1) is 7.50. The van der Waals surface area contributed by atoms with Crippen LogP contribution in [0.25, 0.3) is 0 Å². The molecule has 0 fully saturated rings. The molecule has 1 atom stereocenters. The molecule has 2 nitrogen and oxygen atoms in total. The van der Waals surface area contributed by atoms with Crippen molar-refractivity contribution in [2.45, 2.75) is 31.5 Å². The monoisotopic (exact) mass is 367 g/mol. The molecule has 1 N–H and O–H groups in total. The molecule has 0 radical (unpaired) electrons. The minimum Gasteiger partial charge on any atom is -0.351 e. The van der Waals surface area contributed by atoms with Crippen LogP contribution < -0.4 is 5.32 Å². The largest absolute Gasteiger partial charge is 0.351 e. The van der Waals surface area contributed by atoms with Gasteiger partial charge in [0.2, 0.25) is 0 Å². The third kappa shape index (κ3) is 4.55. The molecule has 1 rings (SSSR count). The van der Waals surface area contributed by atoms with Gasteiger partial charge in [-0.25, -0.2) is 0 Å². The van der Waals surface area contributed by atoms with Gasteiger partial charge in [0, 0.05) is 11.4 Å². The van der Waals surface area contributed by atoms with Gasteiger partial charge < -0.3 is 5.32 Å². The second-order valence-electron chi connectivity index (χ2n) is 3.75. The van der Waals surface area contributed by atoms with Gasteiger partial charge in [0.15, 0.2) is 0 Å². The van der Waals surface area contributed by atoms with Crippen molar-refractivity contribution in [2.75, 3.05) is 6.54 Å². The lowest BCUT2D eigenvalue weighted by molar-refractivity contribution is 0.0957. The van der Waals surface area contributed by atoms with Gasteiger partial charge in [-0.1, -0.05) is 22.9 Å². The number of rotatable bonds is 5. The van der Waals surface area contributed by atoms with E-state index in [1.165, 1.54) is 11.3 Å². The van der Waals surface area contributed by atoms with Crippen LogP contribution in [0.1, 0.15) is 35.0 Å². The van der Waals surface area contributed by atoms with E-state index in [2.05, 4.69) is 44.1 Å². The van der Waals surface area contributed by atoms with Crippen LogP contribution in [-0.4, -0.2) is 17.3 Å². The summed E-state index contributed by atoms with van der Waals surface area (Å²) in [5.74, 6) is 0.0287. The van der Waals surface area contributed by atoms with Crippen LogP contribution in [0.15, 0.2) is 9.85 Å². The van der Waals surface area contributed by atoms with Crippen LogP contribution in [0.4, 0.5) is 0 Å². The highest BCUT2D eigenvalue weighted by Gasteiger charge is 2.10. The van der Waals surface area contributed by atoms with E-state index in [0.717, 1.165) is 33.6 Å². The number of carbonyl (C=O) groups is 1. The van der Waals surface area contributed by atoms with Crippen LogP contribution >= 0.6 is 43.2 Å². The Morgan fingerprint density at radius 1 is 1.62 bits per heavy atom. The molecule has 1 aromatic rings. The SMILES string of the molecule is Cc1cc(C(=O)NCCCC(C)Br)sc1Br. The molecular weight excluding hydrogens is 354 g/mol. The molecule has 0 saturated heterocycles. The Bertz CT molecular complexity index is 343. The number of halogens is 2. The van der Waals surface area contributed by atoms with E-state index < -0.39 is 0 Å². The molecule has 0 spiro atoms. The molecule has 0 saturated carbocycles. The number of hydrogen-bond donors (Lipinski definition) is 1. The first kappa shape index (κ1) is 14.2. The van der Waals surface area contributed by atoms with E-state index in [4.69, 9.17) is 0 Å². The third-order valence-corrected chi connectivity index (χ3v) is 4.74. The van der Waals surface area contributed by atoms with Crippen LogP contribution in [0.5, 0.6) is 0 Å². The quantitative estimate of drug-likeness (QED) is 0.614. The smallest absolute Gasteiger partial charge is 0.261 e. The standard InChI is InChI=1S/C11H15Br2NOS/c1-7-6-9(16-10(7)13)11(15)14-5-3-4-8(2)12/h6,8H,3-5H2,1-2H3,(H,14,15). The number of nitrogens with one attached hydrogen (secondary N) is 1. The normalized spacial score (nSPS) is 12.5. The number of hydrogen-bond acceptors (Lipinski definition) is 2. The Labute approximate surface area is 117 Å². The second-order valence-corrected chi connectivity index (χ2v) is 7.68. The Balaban J connectivity index is 2.35. The van der Waals surface area contributed by atoms with Crippen molar-refractivity contribution in [1.82, 2.24) is 5.32 Å². The van der Waals surface area contributed by atoms with Gasteiger partial charge in [-0.05, 0) is 47.3 Å². The number of amides is 1. The van der Waals surface area contributed by atoms with Crippen molar-refractivity contribution in [1.29, 1.82) is 0 Å². The lowest BCUT2D eigenvalue weighted by Crippen LogP contribution is -2.23. The van der Waals surface area contributed by atoms with E-state index in [1.54, 1.807) is 0 Å². The number of aryl methyl sites for hydroxylation is 1. The molecule has 0 aliphatic rings. The fourth-order valence-electron chi connectivity index (χ4n) is 1.24. The van der Waals surface area contributed by atoms with Crippen molar-refractivity contribution < 1.29 is 4.79 Å². The van der Waals surface area contributed by atoms with Crippen LogP contribution in [0, 0.1) is 6.92 Å². The highest BCUT2D eigenvalue weighted by atomic mass is 79.9. The maximum atomic E-state index is 11.7. The Morgan fingerprint density at radius 3 is 2.81 bits per heavy atom. The third-order valence-electron chi connectivity index (χ3n) is 2.15. The molecule has 1 heterocycles. The maximum Gasteiger partial charge on any atom is 0.261 e. The summed E-state index contributed by atoms with van der Waals surface area (Å²) in [5.41, 5.74) is 1.12. The van der Waals surface area contributed by atoms with Crippen molar-refractivity contribution >= 4 is 49.1 Å². The van der Waals surface area contributed by atoms with E-state index in [-0.39, 0.29) is 5.91 Å². The Hall–Kier alpha value is 0.130. The van der Waals surface area contributed by atoms with E-state index in [1.807, 2.05) is 13.0 Å². The first-order valence-corrected chi connectivity index (χ1v) is 7.71. The van der Waals surface area contributed by atoms with Gasteiger partial charge in [-0.3, -0.25) is 4.79 Å². The summed E-state index contributed by atoms with van der Waals surface area (Å²) >= 11 is 8.38. The fraction of sp³-hybridized carbons (Fsp3) is 0.545. The lowest BCUT2D eigenvalue weighted by Gasteiger charge is -2.04. The summed E-state index contributed by atoms with van der Waals surface area (Å²) in [6.45, 7) is 4.84. The molecule has 90 valence electrons. The van der Waals surface area contributed by atoms with Gasteiger partial charge >= 0.3 is 0 Å². The van der Waals surface area contributed by atoms with Crippen molar-refractivity contribution in [3.63, 3.8) is 0 Å². The summed E-state index contributed by atoms with van der Waals surface area (Å²) in [6, 6.07) is 1.91. The molecular formula is C11H15Br2NOS. The molecule has 1 aromatic heterocycles. The first-order valence-electron chi connectivity index (χ1n) is 5.19. The van der Waals surface area contributed by atoms with Crippen molar-refractivity contribution in [3.05, 3.63) is 20.3 Å². The molecule has 0 aliphatic carbocycles. The average molecular weight is 369 g/mol. The highest BCUT2D eigenvalue weighted by Crippen LogP contribution is 2.27. The molecule has 16 heavy (non-hydrogen) atoms. The van der Waals surface area contributed by atoms with Crippen LogP contribution in [0.3, 0.4) is 0 Å². The van der Waals surface area contributed by atoms with Crippen LogP contribution in [-0.2, 0) is 0 Å².